The molecule has 0 N–H and O–H groups in total. The maximum Gasteiger partial charge on any atom is -0.0307 e. The van der Waals surface area contributed by atoms with Crippen LogP contribution in [0.25, 0.3) is 0 Å². The van der Waals surface area contributed by atoms with Crippen molar-refractivity contribution >= 4 is 0 Å². The highest BCUT2D eigenvalue weighted by atomic mass is 13.9. The van der Waals surface area contributed by atoms with Crippen LogP contribution in [0, 0.1) is 0 Å². The molecule has 0 bridgehead atoms. The molecular weight excluding hydrogens is 216 g/mol. The van der Waals surface area contributed by atoms with E-state index in [1.54, 1.807) is 0 Å². The monoisotopic (exact) mass is 252 g/mol. The predicted molar refractivity (Wildman–Crippen MR) is 90.4 cm³/mol. The minimum atomic E-state index is 0. The van der Waals surface area contributed by atoms with Crippen LogP contribution in [0.4, 0.5) is 0 Å². The van der Waals surface area contributed by atoms with E-state index in [0.29, 0.717) is 0 Å². The fraction of sp³-hybridized carbons (Fsp3) is 0.556. The van der Waals surface area contributed by atoms with Crippen LogP contribution in [0.2, 0.25) is 0 Å². The van der Waals surface area contributed by atoms with Crippen LogP contribution < -0.4 is 0 Å². The van der Waals surface area contributed by atoms with E-state index in [4.69, 9.17) is 0 Å². The second-order valence-corrected chi connectivity index (χ2v) is 3.51. The maximum absolute atomic E-state index is 2.18. The lowest BCUT2D eigenvalue weighted by molar-refractivity contribution is 0.886. The Morgan fingerprint density at radius 2 is 1.17 bits per heavy atom. The van der Waals surface area contributed by atoms with Gasteiger partial charge in [0.25, 0.3) is 0 Å². The molecule has 0 saturated carbocycles. The van der Waals surface area contributed by atoms with Gasteiger partial charge in [-0.25, -0.2) is 0 Å². The third-order valence-corrected chi connectivity index (χ3v) is 2.08. The zero-order valence-corrected chi connectivity index (χ0v) is 11.7. The molecule has 0 amide bonds. The summed E-state index contributed by atoms with van der Waals surface area (Å²) in [4.78, 5) is 0. The van der Waals surface area contributed by atoms with E-state index < -0.39 is 0 Å². The van der Waals surface area contributed by atoms with Crippen molar-refractivity contribution in [3.05, 3.63) is 48.0 Å². The van der Waals surface area contributed by atoms with Crippen molar-refractivity contribution in [2.45, 2.75) is 68.7 Å². The Balaban J connectivity index is -0.0000000860. The Bertz CT molecular complexity index is 215. The van der Waals surface area contributed by atoms with Crippen LogP contribution in [-0.2, 0) is 6.42 Å². The van der Waals surface area contributed by atoms with Gasteiger partial charge in [-0.3, -0.25) is 0 Å². The average Bonchev–Trinajstić information content (AvgIpc) is 2.40. The first-order valence-corrected chi connectivity index (χ1v) is 6.37. The molecule has 0 nitrogen and oxygen atoms in total. The molecule has 0 spiro atoms. The second-order valence-electron chi connectivity index (χ2n) is 3.51. The zero-order chi connectivity index (χ0) is 12.6. The van der Waals surface area contributed by atoms with Gasteiger partial charge in [-0.2, -0.15) is 0 Å². The smallest absolute Gasteiger partial charge is 0.0307 e. The van der Waals surface area contributed by atoms with Gasteiger partial charge in [0.05, 0.1) is 0 Å². The lowest BCUT2D eigenvalue weighted by Gasteiger charge is -1.89. The minimum absolute atomic E-state index is 0. The molecule has 108 valence electrons. The molecular formula is C18H36. The van der Waals surface area contributed by atoms with E-state index in [1.807, 2.05) is 32.1 Å². The Morgan fingerprint density at radius 3 is 1.33 bits per heavy atom. The minimum Gasteiger partial charge on any atom is -0.0919 e. The first-order valence-electron chi connectivity index (χ1n) is 6.37. The molecule has 0 heteroatoms. The van der Waals surface area contributed by atoms with Gasteiger partial charge in [0.2, 0.25) is 0 Å². The Morgan fingerprint density at radius 1 is 0.778 bits per heavy atom. The van der Waals surface area contributed by atoms with Crippen LogP contribution in [-0.4, -0.2) is 0 Å². The van der Waals surface area contributed by atoms with Gasteiger partial charge in [-0.15, -0.1) is 0 Å². The van der Waals surface area contributed by atoms with E-state index >= 15 is 0 Å². The molecule has 0 aliphatic rings. The topological polar surface area (TPSA) is 0 Å². The average molecular weight is 252 g/mol. The first kappa shape index (κ1) is 25.7. The molecule has 1 aromatic rings. The normalized spacial score (nSPS) is 7.83. The molecule has 0 aliphatic carbocycles. The molecule has 1 rings (SSSR count). The van der Waals surface area contributed by atoms with Crippen LogP contribution in [0.15, 0.2) is 42.5 Å². The van der Waals surface area contributed by atoms with Crippen LogP contribution in [0.3, 0.4) is 0 Å². The maximum atomic E-state index is 2.18. The fourth-order valence-corrected chi connectivity index (χ4v) is 0.714. The highest BCUT2D eigenvalue weighted by Crippen LogP contribution is 1.96. The van der Waals surface area contributed by atoms with Crippen molar-refractivity contribution in [2.75, 3.05) is 0 Å². The predicted octanol–water partition coefficient (Wildman–Crippen LogP) is 6.91. The lowest BCUT2D eigenvalue weighted by Crippen LogP contribution is -1.73. The van der Waals surface area contributed by atoms with Crippen molar-refractivity contribution in [1.29, 1.82) is 0 Å². The van der Waals surface area contributed by atoms with Crippen molar-refractivity contribution < 1.29 is 0 Å². The van der Waals surface area contributed by atoms with Crippen molar-refractivity contribution in [3.8, 4) is 0 Å². The molecule has 0 saturated heterocycles. The number of aryl methyl sites for hydroxylation is 1. The molecule has 0 atom stereocenters. The number of benzene rings is 1. The van der Waals surface area contributed by atoms with Gasteiger partial charge in [0.1, 0.15) is 0 Å². The highest BCUT2D eigenvalue weighted by molar-refractivity contribution is 5.13. The number of allylic oxidation sites excluding steroid dienone is 2. The molecule has 0 unspecified atom stereocenters. The van der Waals surface area contributed by atoms with Gasteiger partial charge < -0.3 is 0 Å². The van der Waals surface area contributed by atoms with Gasteiger partial charge in [-0.05, 0) is 25.8 Å². The molecule has 0 fully saturated rings. The number of hydrogen-bond acceptors (Lipinski definition) is 0. The molecule has 1 aromatic carbocycles. The molecule has 0 aromatic heterocycles. The summed E-state index contributed by atoms with van der Waals surface area (Å²) < 4.78 is 0. The first-order chi connectivity index (χ1) is 7.76. The summed E-state index contributed by atoms with van der Waals surface area (Å²) in [5.74, 6) is 0. The third-order valence-electron chi connectivity index (χ3n) is 2.08. The van der Waals surface area contributed by atoms with E-state index in [1.165, 1.54) is 18.4 Å². The summed E-state index contributed by atoms with van der Waals surface area (Å²) >= 11 is 0. The van der Waals surface area contributed by atoms with Crippen molar-refractivity contribution in [3.63, 3.8) is 0 Å². The molecule has 0 radical (unpaired) electrons. The molecule has 18 heavy (non-hydrogen) atoms. The largest absolute Gasteiger partial charge is 0.0919 e. The summed E-state index contributed by atoms with van der Waals surface area (Å²) in [6.45, 7) is 10.5. The Hall–Kier alpha value is -1.04. The van der Waals surface area contributed by atoms with E-state index in [-0.39, 0.29) is 14.9 Å². The fourth-order valence-electron chi connectivity index (χ4n) is 0.714. The summed E-state index contributed by atoms with van der Waals surface area (Å²) in [6.07, 6.45) is 7.78. The Labute approximate surface area is 117 Å². The van der Waals surface area contributed by atoms with Gasteiger partial charge in [0, 0.05) is 0 Å². The third kappa shape index (κ3) is 24.3. The van der Waals surface area contributed by atoms with Crippen LogP contribution in [0.5, 0.6) is 0 Å². The summed E-state index contributed by atoms with van der Waals surface area (Å²) in [7, 11) is 0. The van der Waals surface area contributed by atoms with E-state index in [2.05, 4.69) is 45.0 Å². The van der Waals surface area contributed by atoms with Crippen LogP contribution in [0.1, 0.15) is 67.9 Å². The van der Waals surface area contributed by atoms with E-state index in [0.717, 1.165) is 6.42 Å². The van der Waals surface area contributed by atoms with Crippen molar-refractivity contribution in [1.82, 2.24) is 0 Å². The Kier molecular flexibility index (Phi) is 35.7. The number of unbranched alkanes of at least 4 members (excludes halogenated alkanes) is 1. The van der Waals surface area contributed by atoms with Gasteiger partial charge >= 0.3 is 0 Å². The summed E-state index contributed by atoms with van der Waals surface area (Å²) in [5.41, 5.74) is 1.41. The van der Waals surface area contributed by atoms with E-state index in [9.17, 15) is 0 Å². The van der Waals surface area contributed by atoms with Gasteiger partial charge in [0.15, 0.2) is 0 Å². The van der Waals surface area contributed by atoms with Gasteiger partial charge in [-0.1, -0.05) is 91.0 Å². The standard InChI is InChI=1S/C8H10.C4H10.C4H8.2CH4/c1-2-8-6-4-3-5-7-8;2*1-3-4-2;;/h3-7H,2H2,1H3;3-4H2,1-2H3;3-4H,1-2H3;2*1H4/b;;4-3+;;. The molecule has 0 heterocycles. The van der Waals surface area contributed by atoms with Crippen molar-refractivity contribution in [2.24, 2.45) is 0 Å². The quantitative estimate of drug-likeness (QED) is 0.502. The number of rotatable bonds is 2. The second kappa shape index (κ2) is 25.0. The summed E-state index contributed by atoms with van der Waals surface area (Å²) in [6, 6.07) is 10.5. The highest BCUT2D eigenvalue weighted by Gasteiger charge is 1.79. The SMILES string of the molecule is C.C.C/C=C/C.CCCC.CCc1ccccc1. The van der Waals surface area contributed by atoms with Crippen LogP contribution >= 0.6 is 0 Å². The molecule has 0 aliphatic heterocycles. The lowest BCUT2D eigenvalue weighted by atomic mass is 10.2. The summed E-state index contributed by atoms with van der Waals surface area (Å²) in [5, 5.41) is 0. The number of hydrogen-bond donors (Lipinski definition) is 0. The zero-order valence-electron chi connectivity index (χ0n) is 11.7.